The van der Waals surface area contributed by atoms with Crippen molar-refractivity contribution in [2.45, 2.75) is 44.6 Å². The summed E-state index contributed by atoms with van der Waals surface area (Å²) in [5, 5.41) is 22.7. The summed E-state index contributed by atoms with van der Waals surface area (Å²) in [4.78, 5) is 15.8. The number of nitrogens with zero attached hydrogens (tertiary/aromatic N) is 1. The normalized spacial score (nSPS) is 16.5. The van der Waals surface area contributed by atoms with Gasteiger partial charge in [-0.05, 0) is 79.8 Å². The molecule has 0 aromatic heterocycles. The molecule has 4 rings (SSSR count). The van der Waals surface area contributed by atoms with E-state index in [9.17, 15) is 15.0 Å². The number of amides is 1. The number of benzene rings is 3. The highest BCUT2D eigenvalue weighted by molar-refractivity contribution is 5.96. The molecule has 1 saturated heterocycles. The van der Waals surface area contributed by atoms with Gasteiger partial charge in [-0.2, -0.15) is 0 Å². The number of hydrogen-bond donors (Lipinski definition) is 3. The van der Waals surface area contributed by atoms with Crippen LogP contribution in [0, 0.1) is 0 Å². The molecule has 5 nitrogen and oxygen atoms in total. The Morgan fingerprint density at radius 3 is 2.18 bits per heavy atom. The minimum Gasteiger partial charge on any atom is -0.508 e. The zero-order valence-electron chi connectivity index (χ0n) is 19.8. The van der Waals surface area contributed by atoms with E-state index in [2.05, 4.69) is 17.1 Å². The second-order valence-electron chi connectivity index (χ2n) is 9.19. The summed E-state index contributed by atoms with van der Waals surface area (Å²) in [6, 6.07) is 22.4. The average Bonchev–Trinajstić information content (AvgIpc) is 2.85. The van der Waals surface area contributed by atoms with E-state index in [-0.39, 0.29) is 23.3 Å². The largest absolute Gasteiger partial charge is 0.508 e. The Bertz CT molecular complexity index is 1030. The maximum absolute atomic E-state index is 13.3. The van der Waals surface area contributed by atoms with E-state index >= 15 is 0 Å². The van der Waals surface area contributed by atoms with Crippen molar-refractivity contribution in [2.24, 2.45) is 0 Å². The maximum Gasteiger partial charge on any atom is 0.251 e. The first-order valence-electron chi connectivity index (χ1n) is 12.2. The third-order valence-electron chi connectivity index (χ3n) is 6.82. The van der Waals surface area contributed by atoms with E-state index in [0.29, 0.717) is 18.2 Å². The molecule has 1 heterocycles. The van der Waals surface area contributed by atoms with Crippen molar-refractivity contribution in [3.05, 3.63) is 95.1 Å². The van der Waals surface area contributed by atoms with Crippen LogP contribution in [0.5, 0.6) is 11.5 Å². The van der Waals surface area contributed by atoms with Crippen LogP contribution in [0.15, 0.2) is 72.8 Å². The van der Waals surface area contributed by atoms with Crippen LogP contribution in [0.3, 0.4) is 0 Å². The molecule has 1 amide bonds. The monoisotopic (exact) mass is 458 g/mol. The van der Waals surface area contributed by atoms with Gasteiger partial charge < -0.3 is 20.4 Å². The first-order chi connectivity index (χ1) is 16.5. The molecule has 5 heteroatoms. The predicted molar refractivity (Wildman–Crippen MR) is 135 cm³/mol. The van der Waals surface area contributed by atoms with Gasteiger partial charge in [0.15, 0.2) is 0 Å². The topological polar surface area (TPSA) is 72.8 Å². The number of piperidine rings is 1. The van der Waals surface area contributed by atoms with Crippen LogP contribution in [-0.4, -0.2) is 46.7 Å². The quantitative estimate of drug-likeness (QED) is 0.318. The lowest BCUT2D eigenvalue weighted by Crippen LogP contribution is -2.39. The minimum absolute atomic E-state index is 0.0788. The minimum atomic E-state index is -0.211. The fraction of sp³-hybridized carbons (Fsp3) is 0.345. The molecular formula is C29H34N2O3. The van der Waals surface area contributed by atoms with Crippen LogP contribution in [0.1, 0.15) is 65.6 Å². The summed E-state index contributed by atoms with van der Waals surface area (Å²) >= 11 is 0. The Labute approximate surface area is 202 Å². The van der Waals surface area contributed by atoms with E-state index in [1.54, 1.807) is 24.3 Å². The molecule has 1 atom stereocenters. The summed E-state index contributed by atoms with van der Waals surface area (Å²) in [5.41, 5.74) is 3.45. The van der Waals surface area contributed by atoms with Crippen LogP contribution in [0.25, 0.3) is 0 Å². The molecule has 0 saturated carbocycles. The number of phenols is 2. The van der Waals surface area contributed by atoms with Crippen LogP contribution in [-0.2, 0) is 0 Å². The van der Waals surface area contributed by atoms with E-state index in [0.717, 1.165) is 36.2 Å². The van der Waals surface area contributed by atoms with Crippen molar-refractivity contribution in [1.82, 2.24) is 10.2 Å². The van der Waals surface area contributed by atoms with Crippen molar-refractivity contribution in [2.75, 3.05) is 19.6 Å². The number of nitrogens with one attached hydrogen (secondary N) is 1. The molecular weight excluding hydrogens is 424 g/mol. The van der Waals surface area contributed by atoms with Crippen LogP contribution in [0.4, 0.5) is 0 Å². The molecule has 1 fully saturated rings. The molecule has 3 aromatic carbocycles. The molecule has 3 aromatic rings. The van der Waals surface area contributed by atoms with Crippen molar-refractivity contribution in [3.63, 3.8) is 0 Å². The molecule has 1 unspecified atom stereocenters. The number of carbonyl (C=O) groups is 1. The second-order valence-corrected chi connectivity index (χ2v) is 9.19. The van der Waals surface area contributed by atoms with Gasteiger partial charge in [-0.1, -0.05) is 48.9 Å². The highest BCUT2D eigenvalue weighted by Crippen LogP contribution is 2.35. The number of carbonyl (C=O) groups excluding carboxylic acids is 1. The number of hydrogen-bond acceptors (Lipinski definition) is 4. The summed E-state index contributed by atoms with van der Waals surface area (Å²) in [6.07, 6.45) is 4.77. The Morgan fingerprint density at radius 1 is 0.941 bits per heavy atom. The van der Waals surface area contributed by atoms with E-state index < -0.39 is 0 Å². The van der Waals surface area contributed by atoms with E-state index in [1.165, 1.54) is 19.3 Å². The third-order valence-corrected chi connectivity index (χ3v) is 6.82. The van der Waals surface area contributed by atoms with Crippen molar-refractivity contribution in [3.8, 4) is 11.5 Å². The van der Waals surface area contributed by atoms with Crippen molar-refractivity contribution < 1.29 is 15.0 Å². The summed E-state index contributed by atoms with van der Waals surface area (Å²) < 4.78 is 0. The summed E-state index contributed by atoms with van der Waals surface area (Å²) in [5.74, 6) is 0.103. The van der Waals surface area contributed by atoms with Gasteiger partial charge in [0, 0.05) is 30.6 Å². The number of likely N-dealkylation sites (tertiary alicyclic amines) is 1. The second kappa shape index (κ2) is 11.2. The Morgan fingerprint density at radius 2 is 1.56 bits per heavy atom. The van der Waals surface area contributed by atoms with Crippen LogP contribution in [0.2, 0.25) is 0 Å². The predicted octanol–water partition coefficient (Wildman–Crippen LogP) is 5.27. The van der Waals surface area contributed by atoms with Gasteiger partial charge in [-0.15, -0.1) is 0 Å². The molecule has 1 aliphatic rings. The van der Waals surface area contributed by atoms with Gasteiger partial charge in [0.2, 0.25) is 0 Å². The fourth-order valence-corrected chi connectivity index (χ4v) is 4.91. The highest BCUT2D eigenvalue weighted by Gasteiger charge is 2.23. The van der Waals surface area contributed by atoms with E-state index in [1.807, 2.05) is 48.5 Å². The molecule has 0 aliphatic carbocycles. The lowest BCUT2D eigenvalue weighted by Gasteiger charge is -2.33. The van der Waals surface area contributed by atoms with Crippen LogP contribution >= 0.6 is 0 Å². The first-order valence-corrected chi connectivity index (χ1v) is 12.2. The molecule has 0 bridgehead atoms. The first kappa shape index (κ1) is 23.8. The average molecular weight is 459 g/mol. The Kier molecular flexibility index (Phi) is 7.86. The van der Waals surface area contributed by atoms with Crippen molar-refractivity contribution >= 4 is 5.91 Å². The van der Waals surface area contributed by atoms with Crippen molar-refractivity contribution in [1.29, 1.82) is 0 Å². The SMILES string of the molecule is CC1CCCCN1CCCNC(=O)c1ccccc1C(c1ccc(O)cc1)c1ccc(O)cc1. The van der Waals surface area contributed by atoms with Gasteiger partial charge in [-0.3, -0.25) is 4.79 Å². The van der Waals surface area contributed by atoms with Crippen LogP contribution < -0.4 is 5.32 Å². The zero-order valence-corrected chi connectivity index (χ0v) is 19.8. The summed E-state index contributed by atoms with van der Waals surface area (Å²) in [6.45, 7) is 5.09. The van der Waals surface area contributed by atoms with Gasteiger partial charge in [0.1, 0.15) is 11.5 Å². The molecule has 1 aliphatic heterocycles. The van der Waals surface area contributed by atoms with Gasteiger partial charge in [-0.25, -0.2) is 0 Å². The van der Waals surface area contributed by atoms with Gasteiger partial charge in [0.25, 0.3) is 5.91 Å². The number of rotatable bonds is 8. The third kappa shape index (κ3) is 5.78. The highest BCUT2D eigenvalue weighted by atomic mass is 16.3. The zero-order chi connectivity index (χ0) is 23.9. The molecule has 0 radical (unpaired) electrons. The number of aromatic hydroxyl groups is 2. The maximum atomic E-state index is 13.3. The lowest BCUT2D eigenvalue weighted by molar-refractivity contribution is 0.0948. The number of phenolic OH excluding ortho intramolecular Hbond substituents is 2. The van der Waals surface area contributed by atoms with E-state index in [4.69, 9.17) is 0 Å². The molecule has 0 spiro atoms. The Hall–Kier alpha value is -3.31. The summed E-state index contributed by atoms with van der Waals surface area (Å²) in [7, 11) is 0. The lowest BCUT2D eigenvalue weighted by atomic mass is 9.82. The molecule has 3 N–H and O–H groups in total. The van der Waals surface area contributed by atoms with Gasteiger partial charge >= 0.3 is 0 Å². The molecule has 178 valence electrons. The fourth-order valence-electron chi connectivity index (χ4n) is 4.91. The Balaban J connectivity index is 1.53. The smallest absolute Gasteiger partial charge is 0.251 e. The molecule has 34 heavy (non-hydrogen) atoms. The standard InChI is InChI=1S/C29H34N2O3/c1-21-7-4-5-19-31(21)20-6-18-30-29(34)27-9-3-2-8-26(27)28(22-10-14-24(32)15-11-22)23-12-16-25(33)17-13-23/h2-3,8-17,21,28,32-33H,4-7,18-20H2,1H3,(H,30,34). The van der Waals surface area contributed by atoms with Gasteiger partial charge in [0.05, 0.1) is 0 Å².